The zero-order chi connectivity index (χ0) is 10.7. The van der Waals surface area contributed by atoms with Gasteiger partial charge in [0.15, 0.2) is 0 Å². The van der Waals surface area contributed by atoms with Crippen LogP contribution in [0.15, 0.2) is 29.2 Å². The van der Waals surface area contributed by atoms with Gasteiger partial charge in [-0.15, -0.1) is 23.4 Å². The smallest absolute Gasteiger partial charge is 0.228 e. The first-order chi connectivity index (χ1) is 7.33. The Kier molecular flexibility index (Phi) is 3.54. The fourth-order valence-corrected chi connectivity index (χ4v) is 3.00. The van der Waals surface area contributed by atoms with Crippen molar-refractivity contribution in [1.82, 2.24) is 5.32 Å². The number of hydrogen-bond donors (Lipinski definition) is 1. The molecule has 1 unspecified atom stereocenters. The second-order valence-corrected chi connectivity index (χ2v) is 4.82. The van der Waals surface area contributed by atoms with Gasteiger partial charge in [0.1, 0.15) is 0 Å². The average molecular weight is 242 g/mol. The Morgan fingerprint density at radius 3 is 3.13 bits per heavy atom. The molecule has 0 spiro atoms. The van der Waals surface area contributed by atoms with Gasteiger partial charge in [-0.1, -0.05) is 18.2 Å². The summed E-state index contributed by atoms with van der Waals surface area (Å²) >= 11 is 7.28. The maximum atomic E-state index is 11.8. The van der Waals surface area contributed by atoms with E-state index in [4.69, 9.17) is 11.6 Å². The van der Waals surface area contributed by atoms with Crippen molar-refractivity contribution >= 4 is 29.3 Å². The number of carbonyl (C=O) groups is 1. The minimum atomic E-state index is -0.00517. The maximum absolute atomic E-state index is 11.8. The van der Waals surface area contributed by atoms with Gasteiger partial charge in [-0.05, 0) is 11.6 Å². The molecule has 0 saturated heterocycles. The van der Waals surface area contributed by atoms with Crippen molar-refractivity contribution in [2.75, 3.05) is 18.2 Å². The van der Waals surface area contributed by atoms with Crippen LogP contribution in [0.4, 0.5) is 0 Å². The second kappa shape index (κ2) is 4.90. The van der Waals surface area contributed by atoms with Gasteiger partial charge in [0.05, 0.1) is 5.92 Å². The van der Waals surface area contributed by atoms with Gasteiger partial charge in [-0.3, -0.25) is 4.79 Å². The largest absolute Gasteiger partial charge is 0.354 e. The molecule has 0 aliphatic carbocycles. The van der Waals surface area contributed by atoms with Crippen molar-refractivity contribution in [3.8, 4) is 0 Å². The van der Waals surface area contributed by atoms with E-state index in [0.29, 0.717) is 12.4 Å². The number of fused-ring (bicyclic) bond motifs is 1. The highest BCUT2D eigenvalue weighted by Gasteiger charge is 2.28. The predicted molar refractivity (Wildman–Crippen MR) is 63.6 cm³/mol. The highest BCUT2D eigenvalue weighted by Crippen LogP contribution is 2.39. The highest BCUT2D eigenvalue weighted by molar-refractivity contribution is 7.99. The Bertz CT molecular complexity index is 369. The van der Waals surface area contributed by atoms with E-state index in [1.54, 1.807) is 11.8 Å². The summed E-state index contributed by atoms with van der Waals surface area (Å²) in [6, 6.07) is 8.08. The molecule has 0 aromatic heterocycles. The van der Waals surface area contributed by atoms with Crippen molar-refractivity contribution < 1.29 is 4.79 Å². The fraction of sp³-hybridized carbons (Fsp3) is 0.364. The zero-order valence-electron chi connectivity index (χ0n) is 8.20. The van der Waals surface area contributed by atoms with Crippen LogP contribution in [0.5, 0.6) is 0 Å². The Labute approximate surface area is 98.4 Å². The first-order valence-corrected chi connectivity index (χ1v) is 6.40. The summed E-state index contributed by atoms with van der Waals surface area (Å²) in [4.78, 5) is 13.0. The molecular weight excluding hydrogens is 230 g/mol. The topological polar surface area (TPSA) is 29.1 Å². The van der Waals surface area contributed by atoms with Gasteiger partial charge in [0.25, 0.3) is 0 Å². The molecule has 2 rings (SSSR count). The van der Waals surface area contributed by atoms with Crippen LogP contribution in [0.3, 0.4) is 0 Å². The van der Waals surface area contributed by atoms with Crippen LogP contribution in [0.2, 0.25) is 0 Å². The fourth-order valence-electron chi connectivity index (χ4n) is 1.67. The van der Waals surface area contributed by atoms with Gasteiger partial charge < -0.3 is 5.32 Å². The molecule has 1 N–H and O–H groups in total. The van der Waals surface area contributed by atoms with E-state index >= 15 is 0 Å². The summed E-state index contributed by atoms with van der Waals surface area (Å²) in [6.45, 7) is 0.545. The van der Waals surface area contributed by atoms with E-state index in [1.165, 1.54) is 4.90 Å². The standard InChI is InChI=1S/C11H12ClNOS/c12-5-6-13-11(14)9-7-15-10-4-2-1-3-8(9)10/h1-4,9H,5-7H2,(H,13,14). The Hall–Kier alpha value is -0.670. The molecule has 0 saturated carbocycles. The number of halogens is 1. The van der Waals surface area contributed by atoms with Gasteiger partial charge in [0.2, 0.25) is 5.91 Å². The molecule has 1 amide bonds. The number of alkyl halides is 1. The van der Waals surface area contributed by atoms with E-state index in [0.717, 1.165) is 11.3 Å². The molecule has 4 heteroatoms. The zero-order valence-corrected chi connectivity index (χ0v) is 9.77. The Balaban J connectivity index is 2.10. The van der Waals surface area contributed by atoms with Crippen LogP contribution in [-0.4, -0.2) is 24.1 Å². The molecule has 1 aromatic carbocycles. The molecular formula is C11H12ClNOS. The molecule has 0 fully saturated rings. The monoisotopic (exact) mass is 241 g/mol. The summed E-state index contributed by atoms with van der Waals surface area (Å²) in [5, 5.41) is 2.83. The highest BCUT2D eigenvalue weighted by atomic mass is 35.5. The number of amides is 1. The number of rotatable bonds is 3. The summed E-state index contributed by atoms with van der Waals surface area (Å²) < 4.78 is 0. The second-order valence-electron chi connectivity index (χ2n) is 3.38. The molecule has 1 aliphatic heterocycles. The lowest BCUT2D eigenvalue weighted by Crippen LogP contribution is -2.30. The first kappa shape index (κ1) is 10.8. The van der Waals surface area contributed by atoms with Crippen molar-refractivity contribution in [1.29, 1.82) is 0 Å². The molecule has 0 radical (unpaired) electrons. The SMILES string of the molecule is O=C(NCCCl)C1CSc2ccccc21. The van der Waals surface area contributed by atoms with Crippen LogP contribution in [0.25, 0.3) is 0 Å². The van der Waals surface area contributed by atoms with Crippen molar-refractivity contribution in [3.05, 3.63) is 29.8 Å². The molecule has 0 bridgehead atoms. The van der Waals surface area contributed by atoms with Gasteiger partial charge in [-0.25, -0.2) is 0 Å². The quantitative estimate of drug-likeness (QED) is 0.823. The van der Waals surface area contributed by atoms with E-state index in [1.807, 2.05) is 18.2 Å². The molecule has 1 heterocycles. The summed E-state index contributed by atoms with van der Waals surface area (Å²) in [6.07, 6.45) is 0. The third kappa shape index (κ3) is 2.29. The van der Waals surface area contributed by atoms with Crippen LogP contribution in [0, 0.1) is 0 Å². The third-order valence-corrected chi connectivity index (χ3v) is 3.78. The molecule has 80 valence electrons. The van der Waals surface area contributed by atoms with Gasteiger partial charge in [0, 0.05) is 23.1 Å². The van der Waals surface area contributed by atoms with Crippen LogP contribution in [-0.2, 0) is 4.79 Å². The Morgan fingerprint density at radius 1 is 1.53 bits per heavy atom. The lowest BCUT2D eigenvalue weighted by atomic mass is 10.0. The van der Waals surface area contributed by atoms with Crippen LogP contribution < -0.4 is 5.32 Å². The summed E-state index contributed by atoms with van der Waals surface area (Å²) in [5.41, 5.74) is 1.15. The number of thioether (sulfide) groups is 1. The number of nitrogens with one attached hydrogen (secondary N) is 1. The minimum absolute atomic E-state index is 0.00517. The predicted octanol–water partition coefficient (Wildman–Crippen LogP) is 2.23. The maximum Gasteiger partial charge on any atom is 0.228 e. The minimum Gasteiger partial charge on any atom is -0.354 e. The van der Waals surface area contributed by atoms with Crippen molar-refractivity contribution in [2.24, 2.45) is 0 Å². The van der Waals surface area contributed by atoms with Crippen LogP contribution >= 0.6 is 23.4 Å². The number of benzene rings is 1. The molecule has 2 nitrogen and oxygen atoms in total. The van der Waals surface area contributed by atoms with E-state index in [-0.39, 0.29) is 11.8 Å². The number of hydrogen-bond acceptors (Lipinski definition) is 2. The van der Waals surface area contributed by atoms with Crippen molar-refractivity contribution in [2.45, 2.75) is 10.8 Å². The molecule has 15 heavy (non-hydrogen) atoms. The van der Waals surface area contributed by atoms with Gasteiger partial charge >= 0.3 is 0 Å². The summed E-state index contributed by atoms with van der Waals surface area (Å²) in [5.74, 6) is 1.39. The lowest BCUT2D eigenvalue weighted by molar-refractivity contribution is -0.121. The van der Waals surface area contributed by atoms with Crippen molar-refractivity contribution in [3.63, 3.8) is 0 Å². The molecule has 1 aromatic rings. The lowest BCUT2D eigenvalue weighted by Gasteiger charge is -2.10. The Morgan fingerprint density at radius 2 is 2.33 bits per heavy atom. The van der Waals surface area contributed by atoms with E-state index < -0.39 is 0 Å². The van der Waals surface area contributed by atoms with Gasteiger partial charge in [-0.2, -0.15) is 0 Å². The van der Waals surface area contributed by atoms with E-state index in [9.17, 15) is 4.79 Å². The number of carbonyl (C=O) groups excluding carboxylic acids is 1. The molecule has 1 atom stereocenters. The van der Waals surface area contributed by atoms with Crippen LogP contribution in [0.1, 0.15) is 11.5 Å². The summed E-state index contributed by atoms with van der Waals surface area (Å²) in [7, 11) is 0. The third-order valence-electron chi connectivity index (χ3n) is 2.41. The normalized spacial score (nSPS) is 18.6. The average Bonchev–Trinajstić information content (AvgIpc) is 2.69. The molecule has 1 aliphatic rings. The first-order valence-electron chi connectivity index (χ1n) is 4.88. The van der Waals surface area contributed by atoms with E-state index in [2.05, 4.69) is 11.4 Å².